The molecule has 0 aromatic carbocycles. The molecule has 6 heteroatoms. The highest BCUT2D eigenvalue weighted by Gasteiger charge is 2.39. The van der Waals surface area contributed by atoms with Gasteiger partial charge in [0, 0.05) is 19.1 Å². The predicted octanol–water partition coefficient (Wildman–Crippen LogP) is 1.07. The molecule has 0 spiro atoms. The number of rotatable bonds is 4. The average molecular weight is 289 g/mol. The molecule has 0 radical (unpaired) electrons. The fraction of sp³-hybridized carbons (Fsp3) is 1.00. The molecule has 0 bridgehead atoms. The van der Waals surface area contributed by atoms with Crippen LogP contribution in [0.2, 0.25) is 0 Å². The summed E-state index contributed by atoms with van der Waals surface area (Å²) in [7, 11) is -3.35. The van der Waals surface area contributed by atoms with Gasteiger partial charge in [-0.25, -0.2) is 0 Å². The summed E-state index contributed by atoms with van der Waals surface area (Å²) in [6, 6.07) is 0.0655. The summed E-state index contributed by atoms with van der Waals surface area (Å²) in [5, 5.41) is 0. The Morgan fingerprint density at radius 2 is 2.05 bits per heavy atom. The van der Waals surface area contributed by atoms with Crippen LogP contribution in [0.15, 0.2) is 0 Å². The first-order valence-corrected chi connectivity index (χ1v) is 8.76. The van der Waals surface area contributed by atoms with Gasteiger partial charge in [-0.3, -0.25) is 0 Å². The Balaban J connectivity index is 2.02. The summed E-state index contributed by atoms with van der Waals surface area (Å²) in [4.78, 5) is 0. The van der Waals surface area contributed by atoms with Gasteiger partial charge in [-0.15, -0.1) is 0 Å². The second-order valence-corrected chi connectivity index (χ2v) is 8.36. The predicted molar refractivity (Wildman–Crippen MR) is 76.8 cm³/mol. The van der Waals surface area contributed by atoms with Crippen LogP contribution >= 0.6 is 0 Å². The minimum absolute atomic E-state index is 0.0655. The first-order valence-electron chi connectivity index (χ1n) is 7.32. The molecule has 19 heavy (non-hydrogen) atoms. The lowest BCUT2D eigenvalue weighted by atomic mass is 9.88. The van der Waals surface area contributed by atoms with Crippen LogP contribution < -0.4 is 10.5 Å². The number of hydrogen-bond acceptors (Lipinski definition) is 3. The third-order valence-corrected chi connectivity index (χ3v) is 6.30. The van der Waals surface area contributed by atoms with Crippen molar-refractivity contribution in [2.75, 3.05) is 19.6 Å². The van der Waals surface area contributed by atoms with Crippen molar-refractivity contribution >= 4 is 10.2 Å². The molecule has 1 saturated carbocycles. The molecule has 2 unspecified atom stereocenters. The highest BCUT2D eigenvalue weighted by molar-refractivity contribution is 7.87. The van der Waals surface area contributed by atoms with E-state index >= 15 is 0 Å². The van der Waals surface area contributed by atoms with E-state index in [1.807, 2.05) is 0 Å². The molecule has 0 amide bonds. The van der Waals surface area contributed by atoms with E-state index in [1.165, 1.54) is 0 Å². The third-order valence-electron chi connectivity index (χ3n) is 4.70. The molecule has 1 aliphatic heterocycles. The van der Waals surface area contributed by atoms with Crippen molar-refractivity contribution in [1.29, 1.82) is 0 Å². The molecule has 2 aliphatic rings. The zero-order valence-corrected chi connectivity index (χ0v) is 12.9. The van der Waals surface area contributed by atoms with Crippen molar-refractivity contribution in [1.82, 2.24) is 9.03 Å². The van der Waals surface area contributed by atoms with Crippen molar-refractivity contribution in [3.63, 3.8) is 0 Å². The molecule has 1 aliphatic carbocycles. The Morgan fingerprint density at radius 1 is 1.32 bits per heavy atom. The smallest absolute Gasteiger partial charge is 0.279 e. The zero-order chi connectivity index (χ0) is 14.1. The minimum Gasteiger partial charge on any atom is -0.330 e. The standard InChI is InChI=1S/C13H27N3O2S/c1-13(2)7-3-6-12(13)15-19(17,18)16-8-4-5-11(9-14)10-16/h11-12,15H,3-10,14H2,1-2H3. The molecule has 3 N–H and O–H groups in total. The molecule has 2 rings (SSSR count). The summed E-state index contributed by atoms with van der Waals surface area (Å²) >= 11 is 0. The van der Waals surface area contributed by atoms with E-state index < -0.39 is 10.2 Å². The highest BCUT2D eigenvalue weighted by atomic mass is 32.2. The van der Waals surface area contributed by atoms with Crippen LogP contribution in [-0.2, 0) is 10.2 Å². The van der Waals surface area contributed by atoms with Gasteiger partial charge in [-0.1, -0.05) is 20.3 Å². The van der Waals surface area contributed by atoms with E-state index in [2.05, 4.69) is 18.6 Å². The van der Waals surface area contributed by atoms with Gasteiger partial charge in [0.2, 0.25) is 0 Å². The van der Waals surface area contributed by atoms with Gasteiger partial charge in [0.15, 0.2) is 0 Å². The highest BCUT2D eigenvalue weighted by Crippen LogP contribution is 2.37. The van der Waals surface area contributed by atoms with Crippen LogP contribution in [-0.4, -0.2) is 38.4 Å². The van der Waals surface area contributed by atoms with Crippen molar-refractivity contribution in [2.45, 2.75) is 52.0 Å². The molecular formula is C13H27N3O2S. The lowest BCUT2D eigenvalue weighted by molar-refractivity contribution is 0.257. The quantitative estimate of drug-likeness (QED) is 0.813. The van der Waals surface area contributed by atoms with E-state index in [0.717, 1.165) is 32.1 Å². The van der Waals surface area contributed by atoms with E-state index in [-0.39, 0.29) is 11.5 Å². The van der Waals surface area contributed by atoms with Crippen LogP contribution in [0.5, 0.6) is 0 Å². The summed E-state index contributed by atoms with van der Waals surface area (Å²) in [5.41, 5.74) is 5.74. The first kappa shape index (κ1) is 15.2. The topological polar surface area (TPSA) is 75.4 Å². The maximum Gasteiger partial charge on any atom is 0.279 e. The van der Waals surface area contributed by atoms with Crippen LogP contribution in [0.25, 0.3) is 0 Å². The second kappa shape index (κ2) is 5.68. The maximum absolute atomic E-state index is 12.5. The lowest BCUT2D eigenvalue weighted by Crippen LogP contribution is -2.51. The number of hydrogen-bond donors (Lipinski definition) is 2. The van der Waals surface area contributed by atoms with Crippen LogP contribution in [0, 0.1) is 11.3 Å². The largest absolute Gasteiger partial charge is 0.330 e. The number of nitrogens with zero attached hydrogens (tertiary/aromatic N) is 1. The Morgan fingerprint density at radius 3 is 2.63 bits per heavy atom. The third kappa shape index (κ3) is 3.48. The fourth-order valence-electron chi connectivity index (χ4n) is 3.24. The molecule has 0 aromatic heterocycles. The molecule has 0 aromatic rings. The normalized spacial score (nSPS) is 32.6. The van der Waals surface area contributed by atoms with Crippen molar-refractivity contribution in [3.8, 4) is 0 Å². The van der Waals surface area contributed by atoms with E-state index in [9.17, 15) is 8.42 Å². The molecule has 1 heterocycles. The molecule has 5 nitrogen and oxygen atoms in total. The molecular weight excluding hydrogens is 262 g/mol. The monoisotopic (exact) mass is 289 g/mol. The van der Waals surface area contributed by atoms with Gasteiger partial charge in [0.25, 0.3) is 10.2 Å². The van der Waals surface area contributed by atoms with Crippen molar-refractivity contribution in [2.24, 2.45) is 17.1 Å². The Bertz CT molecular complexity index is 408. The zero-order valence-electron chi connectivity index (χ0n) is 12.1. The fourth-order valence-corrected chi connectivity index (χ4v) is 4.96. The van der Waals surface area contributed by atoms with Gasteiger partial charge in [-0.05, 0) is 43.6 Å². The number of piperidine rings is 1. The van der Waals surface area contributed by atoms with E-state index in [4.69, 9.17) is 5.73 Å². The minimum atomic E-state index is -3.35. The van der Waals surface area contributed by atoms with E-state index in [0.29, 0.717) is 25.6 Å². The summed E-state index contributed by atoms with van der Waals surface area (Å²) in [6.07, 6.45) is 5.09. The summed E-state index contributed by atoms with van der Waals surface area (Å²) < 4.78 is 29.4. The Hall–Kier alpha value is -0.170. The van der Waals surface area contributed by atoms with Gasteiger partial charge in [0.1, 0.15) is 0 Å². The molecule has 2 fully saturated rings. The van der Waals surface area contributed by atoms with Gasteiger partial charge >= 0.3 is 0 Å². The van der Waals surface area contributed by atoms with Gasteiger partial charge in [-0.2, -0.15) is 17.4 Å². The first-order chi connectivity index (χ1) is 8.85. The number of nitrogens with one attached hydrogen (secondary N) is 1. The van der Waals surface area contributed by atoms with Crippen molar-refractivity contribution in [3.05, 3.63) is 0 Å². The van der Waals surface area contributed by atoms with Crippen molar-refractivity contribution < 1.29 is 8.42 Å². The average Bonchev–Trinajstić information content (AvgIpc) is 2.68. The Labute approximate surface area is 117 Å². The van der Waals surface area contributed by atoms with Gasteiger partial charge < -0.3 is 5.73 Å². The SMILES string of the molecule is CC1(C)CCCC1NS(=O)(=O)N1CCCC(CN)C1. The Kier molecular flexibility index (Phi) is 4.55. The maximum atomic E-state index is 12.5. The number of nitrogens with two attached hydrogens (primary N) is 1. The van der Waals surface area contributed by atoms with Crippen LogP contribution in [0.1, 0.15) is 46.0 Å². The van der Waals surface area contributed by atoms with Crippen LogP contribution in [0.3, 0.4) is 0 Å². The molecule has 1 saturated heterocycles. The summed E-state index contributed by atoms with van der Waals surface area (Å²) in [6.45, 7) is 6.05. The van der Waals surface area contributed by atoms with Gasteiger partial charge in [0.05, 0.1) is 0 Å². The summed E-state index contributed by atoms with van der Waals surface area (Å²) in [5.74, 6) is 0.307. The lowest BCUT2D eigenvalue weighted by Gasteiger charge is -2.34. The molecule has 2 atom stereocenters. The van der Waals surface area contributed by atoms with Crippen LogP contribution in [0.4, 0.5) is 0 Å². The second-order valence-electron chi connectivity index (χ2n) is 6.66. The molecule has 112 valence electrons. The van der Waals surface area contributed by atoms with E-state index in [1.54, 1.807) is 4.31 Å².